The maximum Gasteiger partial charge on any atom is 0.144 e. The minimum Gasteiger partial charge on any atom is -0.369 e. The number of nitrogen functional groups attached to an aromatic ring is 1. The van der Waals surface area contributed by atoms with Crippen LogP contribution in [0.15, 0.2) is 42.6 Å². The summed E-state index contributed by atoms with van der Waals surface area (Å²) >= 11 is 0. The number of nitrogens with two attached hydrogens (primary N) is 1. The first kappa shape index (κ1) is 12.9. The van der Waals surface area contributed by atoms with E-state index < -0.39 is 0 Å². The van der Waals surface area contributed by atoms with Crippen molar-refractivity contribution < 1.29 is 0 Å². The van der Waals surface area contributed by atoms with Crippen molar-refractivity contribution in [2.75, 3.05) is 17.4 Å². The maximum absolute atomic E-state index is 9.11. The molecule has 5 nitrogen and oxygen atoms in total. The summed E-state index contributed by atoms with van der Waals surface area (Å²) < 4.78 is 0. The molecule has 0 amide bonds. The van der Waals surface area contributed by atoms with Crippen LogP contribution in [0.1, 0.15) is 11.1 Å². The molecule has 1 aromatic heterocycles. The lowest BCUT2D eigenvalue weighted by Gasteiger charge is -2.21. The first-order valence-electron chi connectivity index (χ1n) is 5.87. The standard InChI is InChI=1S/C14H15N5/c1-19(13-7-3-2-5-11(13)9-15)10-12-6-4-8-17-14(12)18-16/h2-8H,10,16H2,1H3,(H,17,18). The highest BCUT2D eigenvalue weighted by molar-refractivity contribution is 5.59. The van der Waals surface area contributed by atoms with Gasteiger partial charge in [-0.05, 0) is 18.2 Å². The Morgan fingerprint density at radius 2 is 2.11 bits per heavy atom. The Kier molecular flexibility index (Phi) is 3.96. The highest BCUT2D eigenvalue weighted by Gasteiger charge is 2.09. The van der Waals surface area contributed by atoms with Crippen molar-refractivity contribution in [3.05, 3.63) is 53.7 Å². The van der Waals surface area contributed by atoms with E-state index in [1.165, 1.54) is 0 Å². The molecule has 19 heavy (non-hydrogen) atoms. The molecule has 5 heteroatoms. The van der Waals surface area contributed by atoms with Gasteiger partial charge >= 0.3 is 0 Å². The Morgan fingerprint density at radius 1 is 1.32 bits per heavy atom. The third-order valence-corrected chi connectivity index (χ3v) is 2.87. The van der Waals surface area contributed by atoms with Crippen LogP contribution in [0, 0.1) is 11.3 Å². The van der Waals surface area contributed by atoms with E-state index >= 15 is 0 Å². The van der Waals surface area contributed by atoms with Crippen LogP contribution < -0.4 is 16.2 Å². The van der Waals surface area contributed by atoms with E-state index in [9.17, 15) is 0 Å². The van der Waals surface area contributed by atoms with Crippen LogP contribution >= 0.6 is 0 Å². The average molecular weight is 253 g/mol. The summed E-state index contributed by atoms with van der Waals surface area (Å²) in [6.07, 6.45) is 1.68. The lowest BCUT2D eigenvalue weighted by atomic mass is 10.1. The fraction of sp³-hybridized carbons (Fsp3) is 0.143. The quantitative estimate of drug-likeness (QED) is 0.642. The molecule has 0 aliphatic heterocycles. The minimum atomic E-state index is 0.617. The molecule has 0 radical (unpaired) electrons. The molecular formula is C14H15N5. The van der Waals surface area contributed by atoms with Crippen LogP contribution in [-0.2, 0) is 6.54 Å². The molecule has 2 rings (SSSR count). The zero-order valence-corrected chi connectivity index (χ0v) is 10.7. The lowest BCUT2D eigenvalue weighted by Crippen LogP contribution is -2.20. The van der Waals surface area contributed by atoms with E-state index in [0.29, 0.717) is 17.9 Å². The third-order valence-electron chi connectivity index (χ3n) is 2.87. The van der Waals surface area contributed by atoms with Crippen LogP contribution in [0.4, 0.5) is 11.5 Å². The summed E-state index contributed by atoms with van der Waals surface area (Å²) in [6.45, 7) is 0.617. The predicted octanol–water partition coefficient (Wildman–Crippen LogP) is 1.88. The van der Waals surface area contributed by atoms with Crippen LogP contribution in [0.5, 0.6) is 0 Å². The molecular weight excluding hydrogens is 238 g/mol. The Labute approximate surface area is 112 Å². The number of pyridine rings is 1. The molecule has 0 aliphatic carbocycles. The van der Waals surface area contributed by atoms with Crippen LogP contribution in [0.3, 0.4) is 0 Å². The summed E-state index contributed by atoms with van der Waals surface area (Å²) in [5, 5.41) is 9.11. The Hall–Kier alpha value is -2.58. The van der Waals surface area contributed by atoms with Crippen molar-refractivity contribution in [1.82, 2.24) is 4.98 Å². The van der Waals surface area contributed by atoms with Gasteiger partial charge in [0.2, 0.25) is 0 Å². The SMILES string of the molecule is CN(Cc1cccnc1NN)c1ccccc1C#N. The van der Waals surface area contributed by atoms with E-state index in [2.05, 4.69) is 16.5 Å². The zero-order valence-electron chi connectivity index (χ0n) is 10.7. The van der Waals surface area contributed by atoms with E-state index in [4.69, 9.17) is 11.1 Å². The van der Waals surface area contributed by atoms with Gasteiger partial charge in [-0.2, -0.15) is 5.26 Å². The van der Waals surface area contributed by atoms with Gasteiger partial charge in [0.25, 0.3) is 0 Å². The summed E-state index contributed by atoms with van der Waals surface area (Å²) in [7, 11) is 1.93. The topological polar surface area (TPSA) is 78.0 Å². The van der Waals surface area contributed by atoms with Gasteiger partial charge in [0.05, 0.1) is 11.3 Å². The van der Waals surface area contributed by atoms with Gasteiger partial charge in [-0.3, -0.25) is 0 Å². The van der Waals surface area contributed by atoms with Gasteiger partial charge < -0.3 is 10.3 Å². The lowest BCUT2D eigenvalue weighted by molar-refractivity contribution is 0.913. The highest BCUT2D eigenvalue weighted by atomic mass is 15.3. The molecule has 0 saturated heterocycles. The number of benzene rings is 1. The van der Waals surface area contributed by atoms with Gasteiger partial charge in [0.15, 0.2) is 0 Å². The fourth-order valence-electron chi connectivity index (χ4n) is 1.94. The summed E-state index contributed by atoms with van der Waals surface area (Å²) in [5.74, 6) is 6.08. The van der Waals surface area contributed by atoms with Crippen molar-refractivity contribution in [3.63, 3.8) is 0 Å². The third kappa shape index (κ3) is 2.81. The highest BCUT2D eigenvalue weighted by Crippen LogP contribution is 2.21. The Balaban J connectivity index is 2.26. The average Bonchev–Trinajstić information content (AvgIpc) is 2.47. The molecule has 0 saturated carbocycles. The van der Waals surface area contributed by atoms with Crippen molar-refractivity contribution in [1.29, 1.82) is 5.26 Å². The monoisotopic (exact) mass is 253 g/mol. The van der Waals surface area contributed by atoms with Gasteiger partial charge in [0, 0.05) is 25.4 Å². The number of aromatic nitrogens is 1. The predicted molar refractivity (Wildman–Crippen MR) is 75.3 cm³/mol. The van der Waals surface area contributed by atoms with Crippen LogP contribution in [-0.4, -0.2) is 12.0 Å². The molecule has 0 fully saturated rings. The Bertz CT molecular complexity index is 603. The second-order valence-corrected chi connectivity index (χ2v) is 4.14. The number of rotatable bonds is 4. The molecule has 1 aromatic carbocycles. The second kappa shape index (κ2) is 5.85. The van der Waals surface area contributed by atoms with E-state index in [1.807, 2.05) is 42.3 Å². The molecule has 1 heterocycles. The van der Waals surface area contributed by atoms with Crippen LogP contribution in [0.2, 0.25) is 0 Å². The van der Waals surface area contributed by atoms with E-state index in [1.54, 1.807) is 12.3 Å². The molecule has 0 bridgehead atoms. The molecule has 2 aromatic rings. The normalized spacial score (nSPS) is 9.74. The number of para-hydroxylation sites is 1. The molecule has 0 atom stereocenters. The number of hydrogen-bond acceptors (Lipinski definition) is 5. The molecule has 0 aliphatic rings. The van der Waals surface area contributed by atoms with Crippen molar-refractivity contribution >= 4 is 11.5 Å². The summed E-state index contributed by atoms with van der Waals surface area (Å²) in [4.78, 5) is 6.16. The van der Waals surface area contributed by atoms with Crippen molar-refractivity contribution in [2.24, 2.45) is 5.84 Å². The second-order valence-electron chi connectivity index (χ2n) is 4.14. The summed E-state index contributed by atoms with van der Waals surface area (Å²) in [5.41, 5.74) is 5.09. The van der Waals surface area contributed by atoms with E-state index in [-0.39, 0.29) is 0 Å². The number of anilines is 2. The molecule has 96 valence electrons. The van der Waals surface area contributed by atoms with Crippen molar-refractivity contribution in [3.8, 4) is 6.07 Å². The van der Waals surface area contributed by atoms with Crippen LogP contribution in [0.25, 0.3) is 0 Å². The number of nitrogens with one attached hydrogen (secondary N) is 1. The number of hydrogen-bond donors (Lipinski definition) is 2. The largest absolute Gasteiger partial charge is 0.369 e. The molecule has 0 spiro atoms. The first-order valence-corrected chi connectivity index (χ1v) is 5.87. The maximum atomic E-state index is 9.11. The minimum absolute atomic E-state index is 0.617. The zero-order chi connectivity index (χ0) is 13.7. The molecule has 0 unspecified atom stereocenters. The first-order chi connectivity index (χ1) is 9.26. The van der Waals surface area contributed by atoms with Crippen molar-refractivity contribution in [2.45, 2.75) is 6.54 Å². The molecule has 3 N–H and O–H groups in total. The van der Waals surface area contributed by atoms with Gasteiger partial charge in [0.1, 0.15) is 11.9 Å². The van der Waals surface area contributed by atoms with Gasteiger partial charge in [-0.1, -0.05) is 18.2 Å². The Morgan fingerprint density at radius 3 is 2.84 bits per heavy atom. The number of nitriles is 1. The smallest absolute Gasteiger partial charge is 0.144 e. The van der Waals surface area contributed by atoms with E-state index in [0.717, 1.165) is 11.3 Å². The number of nitrogens with zero attached hydrogens (tertiary/aromatic N) is 3. The summed E-state index contributed by atoms with van der Waals surface area (Å²) in [6, 6.07) is 13.5. The fourth-order valence-corrected chi connectivity index (χ4v) is 1.94. The van der Waals surface area contributed by atoms with Gasteiger partial charge in [-0.25, -0.2) is 10.8 Å². The number of hydrazine groups is 1. The van der Waals surface area contributed by atoms with Gasteiger partial charge in [-0.15, -0.1) is 0 Å².